The van der Waals surface area contributed by atoms with E-state index in [4.69, 9.17) is 9.47 Å². The van der Waals surface area contributed by atoms with Gasteiger partial charge in [0.15, 0.2) is 18.2 Å². The van der Waals surface area contributed by atoms with Gasteiger partial charge in [-0.3, -0.25) is 14.4 Å². The molecule has 3 aromatic rings. The largest absolute Gasteiger partial charge is 0.492 e. The zero-order valence-electron chi connectivity index (χ0n) is 18.4. The number of ether oxygens (including phenoxy) is 2. The molecule has 174 valence electrons. The van der Waals surface area contributed by atoms with E-state index in [0.717, 1.165) is 43.0 Å². The molecule has 1 aromatic heterocycles. The van der Waals surface area contributed by atoms with Crippen molar-refractivity contribution < 1.29 is 23.0 Å². The van der Waals surface area contributed by atoms with Gasteiger partial charge < -0.3 is 14.8 Å². The summed E-state index contributed by atoms with van der Waals surface area (Å²) in [5.41, 5.74) is 2.16. The predicted octanol–water partition coefficient (Wildman–Crippen LogP) is 3.86. The summed E-state index contributed by atoms with van der Waals surface area (Å²) in [6.07, 6.45) is 4.15. The highest BCUT2D eigenvalue weighted by Crippen LogP contribution is 2.32. The molecule has 1 saturated heterocycles. The van der Waals surface area contributed by atoms with Crippen LogP contribution >= 0.6 is 0 Å². The number of nitrogens with zero attached hydrogens (tertiary/aromatic N) is 3. The number of anilines is 1. The van der Waals surface area contributed by atoms with E-state index in [1.807, 2.05) is 19.2 Å². The minimum Gasteiger partial charge on any atom is -0.492 e. The molecule has 9 heteroatoms. The van der Waals surface area contributed by atoms with Gasteiger partial charge in [0.2, 0.25) is 0 Å². The van der Waals surface area contributed by atoms with E-state index in [9.17, 15) is 13.6 Å². The first-order valence-corrected chi connectivity index (χ1v) is 10.8. The van der Waals surface area contributed by atoms with Crippen LogP contribution in [0, 0.1) is 11.6 Å². The Labute approximate surface area is 190 Å². The second-order valence-electron chi connectivity index (χ2n) is 7.86. The van der Waals surface area contributed by atoms with Crippen molar-refractivity contribution in [1.29, 1.82) is 0 Å². The second-order valence-corrected chi connectivity index (χ2v) is 7.86. The third kappa shape index (κ3) is 5.87. The standard InChI is InChI=1S/C24H26F2N4O3/c1-29-21(8-9-27-29)19-15-18(5-7-22(19)32-13-12-30-10-2-3-11-30)28-24(31)16-33-23-6-4-17(25)14-20(23)26/h4-9,14-15H,2-3,10-13,16H2,1H3,(H,28,31). The van der Waals surface area contributed by atoms with Crippen LogP contribution < -0.4 is 14.8 Å². The van der Waals surface area contributed by atoms with E-state index in [1.165, 1.54) is 12.8 Å². The highest BCUT2D eigenvalue weighted by molar-refractivity contribution is 5.93. The summed E-state index contributed by atoms with van der Waals surface area (Å²) in [5.74, 6) is -1.55. The third-order valence-corrected chi connectivity index (χ3v) is 5.48. The number of amides is 1. The molecule has 0 saturated carbocycles. The van der Waals surface area contributed by atoms with E-state index in [-0.39, 0.29) is 5.75 Å². The van der Waals surface area contributed by atoms with Gasteiger partial charge in [0.05, 0.1) is 5.69 Å². The topological polar surface area (TPSA) is 68.6 Å². The lowest BCUT2D eigenvalue weighted by molar-refractivity contribution is -0.118. The summed E-state index contributed by atoms with van der Waals surface area (Å²) in [5, 5.41) is 6.97. The molecule has 4 rings (SSSR count). The minimum atomic E-state index is -0.864. The number of likely N-dealkylation sites (tertiary alicyclic amines) is 1. The zero-order valence-corrected chi connectivity index (χ0v) is 18.4. The molecule has 0 bridgehead atoms. The Morgan fingerprint density at radius 2 is 1.85 bits per heavy atom. The Bertz CT molecular complexity index is 1110. The van der Waals surface area contributed by atoms with E-state index >= 15 is 0 Å². The number of benzene rings is 2. The molecule has 0 radical (unpaired) electrons. The van der Waals surface area contributed by atoms with Gasteiger partial charge in [0, 0.05) is 37.1 Å². The number of carbonyl (C=O) groups is 1. The number of carbonyl (C=O) groups excluding carboxylic acids is 1. The maximum atomic E-state index is 13.7. The maximum absolute atomic E-state index is 13.7. The Hall–Kier alpha value is -3.46. The second kappa shape index (κ2) is 10.4. The molecule has 1 aliphatic rings. The van der Waals surface area contributed by atoms with Crippen LogP contribution in [-0.2, 0) is 11.8 Å². The minimum absolute atomic E-state index is 0.191. The predicted molar refractivity (Wildman–Crippen MR) is 120 cm³/mol. The van der Waals surface area contributed by atoms with Crippen LogP contribution in [0.25, 0.3) is 11.3 Å². The summed E-state index contributed by atoms with van der Waals surface area (Å²) in [7, 11) is 1.83. The molecule has 1 fully saturated rings. The molecule has 2 aromatic carbocycles. The Kier molecular flexibility index (Phi) is 7.19. The van der Waals surface area contributed by atoms with E-state index < -0.39 is 24.1 Å². The van der Waals surface area contributed by atoms with Crippen molar-refractivity contribution >= 4 is 11.6 Å². The van der Waals surface area contributed by atoms with Crippen LogP contribution in [0.3, 0.4) is 0 Å². The Morgan fingerprint density at radius 1 is 1.06 bits per heavy atom. The van der Waals surface area contributed by atoms with Crippen LogP contribution in [0.4, 0.5) is 14.5 Å². The van der Waals surface area contributed by atoms with Gasteiger partial charge in [-0.25, -0.2) is 8.78 Å². The lowest BCUT2D eigenvalue weighted by Gasteiger charge is -2.17. The van der Waals surface area contributed by atoms with Gasteiger partial charge >= 0.3 is 0 Å². The van der Waals surface area contributed by atoms with Crippen LogP contribution in [0.1, 0.15) is 12.8 Å². The highest BCUT2D eigenvalue weighted by Gasteiger charge is 2.15. The molecule has 1 amide bonds. The normalized spacial score (nSPS) is 13.8. The first-order chi connectivity index (χ1) is 16.0. The smallest absolute Gasteiger partial charge is 0.262 e. The fraction of sp³-hybridized carbons (Fsp3) is 0.333. The van der Waals surface area contributed by atoms with Gasteiger partial charge in [-0.2, -0.15) is 5.10 Å². The Balaban J connectivity index is 1.43. The molecule has 0 atom stereocenters. The number of aryl methyl sites for hydroxylation is 1. The fourth-order valence-electron chi connectivity index (χ4n) is 3.80. The van der Waals surface area contributed by atoms with Crippen molar-refractivity contribution in [1.82, 2.24) is 14.7 Å². The molecule has 0 spiro atoms. The average molecular weight is 456 g/mol. The van der Waals surface area contributed by atoms with Crippen molar-refractivity contribution in [2.75, 3.05) is 38.2 Å². The van der Waals surface area contributed by atoms with Gasteiger partial charge in [0.25, 0.3) is 5.91 Å². The SMILES string of the molecule is Cn1nccc1-c1cc(NC(=O)COc2ccc(F)cc2F)ccc1OCCN1CCCC1. The van der Waals surface area contributed by atoms with E-state index in [2.05, 4.69) is 15.3 Å². The summed E-state index contributed by atoms with van der Waals surface area (Å²) < 4.78 is 39.7. The van der Waals surface area contributed by atoms with Crippen molar-refractivity contribution in [3.63, 3.8) is 0 Å². The summed E-state index contributed by atoms with van der Waals surface area (Å²) in [6, 6.07) is 10.1. The first-order valence-electron chi connectivity index (χ1n) is 10.8. The molecular weight excluding hydrogens is 430 g/mol. The number of rotatable bonds is 9. The Morgan fingerprint density at radius 3 is 2.58 bits per heavy atom. The van der Waals surface area contributed by atoms with Crippen molar-refractivity contribution in [2.24, 2.45) is 7.05 Å². The maximum Gasteiger partial charge on any atom is 0.262 e. The molecule has 0 unspecified atom stereocenters. The monoisotopic (exact) mass is 456 g/mol. The van der Waals surface area contributed by atoms with Gasteiger partial charge in [-0.15, -0.1) is 0 Å². The third-order valence-electron chi connectivity index (χ3n) is 5.48. The van der Waals surface area contributed by atoms with E-state index in [1.54, 1.807) is 23.0 Å². The number of nitrogens with one attached hydrogen (secondary N) is 1. The van der Waals surface area contributed by atoms with Crippen LogP contribution in [0.5, 0.6) is 11.5 Å². The van der Waals surface area contributed by atoms with Crippen LogP contribution in [0.2, 0.25) is 0 Å². The number of hydrogen-bond acceptors (Lipinski definition) is 5. The van der Waals surface area contributed by atoms with Crippen molar-refractivity contribution in [3.05, 3.63) is 60.3 Å². The van der Waals surface area contributed by atoms with Crippen molar-refractivity contribution in [2.45, 2.75) is 12.8 Å². The summed E-state index contributed by atoms with van der Waals surface area (Å²) >= 11 is 0. The number of aromatic nitrogens is 2. The first kappa shape index (κ1) is 22.7. The van der Waals surface area contributed by atoms with Crippen LogP contribution in [0.15, 0.2) is 48.7 Å². The summed E-state index contributed by atoms with van der Waals surface area (Å²) in [4.78, 5) is 14.7. The molecule has 1 N–H and O–H groups in total. The quantitative estimate of drug-likeness (QED) is 0.530. The molecule has 1 aliphatic heterocycles. The van der Waals surface area contributed by atoms with Gasteiger partial charge in [-0.1, -0.05) is 0 Å². The lowest BCUT2D eigenvalue weighted by Crippen LogP contribution is -2.25. The molecule has 33 heavy (non-hydrogen) atoms. The van der Waals surface area contributed by atoms with E-state index in [0.29, 0.717) is 24.1 Å². The average Bonchev–Trinajstić information content (AvgIpc) is 3.46. The molecule has 2 heterocycles. The van der Waals surface area contributed by atoms with Crippen LogP contribution in [-0.4, -0.2) is 53.4 Å². The van der Waals surface area contributed by atoms with Gasteiger partial charge in [0.1, 0.15) is 18.2 Å². The summed E-state index contributed by atoms with van der Waals surface area (Å²) in [6.45, 7) is 3.21. The lowest BCUT2D eigenvalue weighted by atomic mass is 10.1. The fourth-order valence-corrected chi connectivity index (χ4v) is 3.80. The molecule has 7 nitrogen and oxygen atoms in total. The number of halogens is 2. The molecular formula is C24H26F2N4O3. The van der Waals surface area contributed by atoms with Gasteiger partial charge in [-0.05, 0) is 62.3 Å². The highest BCUT2D eigenvalue weighted by atomic mass is 19.1. The van der Waals surface area contributed by atoms with Crippen molar-refractivity contribution in [3.8, 4) is 22.8 Å². The zero-order chi connectivity index (χ0) is 23.2. The molecule has 0 aliphatic carbocycles. The number of hydrogen-bond donors (Lipinski definition) is 1.